The molecule has 1 amide bonds. The first-order chi connectivity index (χ1) is 7.68. The van der Waals surface area contributed by atoms with E-state index in [0.717, 1.165) is 25.9 Å². The summed E-state index contributed by atoms with van der Waals surface area (Å²) >= 11 is 0. The zero-order valence-corrected chi connectivity index (χ0v) is 9.68. The van der Waals surface area contributed by atoms with Crippen molar-refractivity contribution in [2.75, 3.05) is 27.2 Å². The number of hydrogen-bond acceptors (Lipinski definition) is 4. The van der Waals surface area contributed by atoms with E-state index in [1.54, 1.807) is 4.90 Å². The van der Waals surface area contributed by atoms with Crippen molar-refractivity contribution in [3.8, 4) is 0 Å². The molecule has 16 heavy (non-hydrogen) atoms. The van der Waals surface area contributed by atoms with Crippen LogP contribution in [0.25, 0.3) is 0 Å². The molecule has 1 fully saturated rings. The second kappa shape index (κ2) is 4.61. The molecule has 88 valence electrons. The summed E-state index contributed by atoms with van der Waals surface area (Å²) in [6.07, 6.45) is 3.51. The van der Waals surface area contributed by atoms with Crippen LogP contribution in [0.5, 0.6) is 0 Å². The van der Waals surface area contributed by atoms with E-state index >= 15 is 0 Å². The summed E-state index contributed by atoms with van der Waals surface area (Å²) < 4.78 is 0. The Morgan fingerprint density at radius 2 is 2.25 bits per heavy atom. The third-order valence-electron chi connectivity index (χ3n) is 3.19. The Morgan fingerprint density at radius 3 is 2.81 bits per heavy atom. The molecule has 0 spiro atoms. The molecule has 0 aliphatic carbocycles. The molecule has 1 N–H and O–H groups in total. The van der Waals surface area contributed by atoms with Crippen LogP contribution in [0.3, 0.4) is 0 Å². The Bertz CT molecular complexity index is 342. The van der Waals surface area contributed by atoms with E-state index < -0.39 is 0 Å². The Kier molecular flexibility index (Phi) is 3.19. The molecule has 1 aromatic heterocycles. The molecule has 1 saturated heterocycles. The van der Waals surface area contributed by atoms with Crippen LogP contribution in [0.2, 0.25) is 0 Å². The third kappa shape index (κ3) is 2.21. The lowest BCUT2D eigenvalue weighted by Crippen LogP contribution is -2.44. The number of carbonyl (C=O) groups excluding carboxylic acids is 1. The molecule has 2 heterocycles. The van der Waals surface area contributed by atoms with Crippen molar-refractivity contribution in [3.05, 3.63) is 11.9 Å². The van der Waals surface area contributed by atoms with Crippen LogP contribution in [-0.2, 0) is 0 Å². The highest BCUT2D eigenvalue weighted by atomic mass is 16.2. The van der Waals surface area contributed by atoms with Gasteiger partial charge in [-0.1, -0.05) is 0 Å². The molecule has 0 unspecified atom stereocenters. The fourth-order valence-electron chi connectivity index (χ4n) is 2.03. The molecule has 6 heteroatoms. The summed E-state index contributed by atoms with van der Waals surface area (Å²) in [6, 6.07) is 0.320. The maximum atomic E-state index is 12.0. The van der Waals surface area contributed by atoms with Crippen molar-refractivity contribution < 1.29 is 4.79 Å². The Morgan fingerprint density at radius 1 is 1.56 bits per heavy atom. The molecule has 0 aromatic carbocycles. The third-order valence-corrected chi connectivity index (χ3v) is 3.19. The molecule has 2 rings (SSSR count). The number of nitrogens with one attached hydrogen (secondary N) is 1. The number of nitrogens with zero attached hydrogens (tertiary/aromatic N) is 4. The lowest BCUT2D eigenvalue weighted by molar-refractivity contribution is 0.0653. The van der Waals surface area contributed by atoms with E-state index in [1.165, 1.54) is 6.20 Å². The molecule has 0 saturated carbocycles. The minimum Gasteiger partial charge on any atom is -0.337 e. The second-order valence-electron chi connectivity index (χ2n) is 4.31. The van der Waals surface area contributed by atoms with Crippen molar-refractivity contribution >= 4 is 5.91 Å². The van der Waals surface area contributed by atoms with Gasteiger partial charge in [-0.15, -0.1) is 0 Å². The van der Waals surface area contributed by atoms with Gasteiger partial charge in [-0.2, -0.15) is 15.4 Å². The van der Waals surface area contributed by atoms with Gasteiger partial charge in [0.15, 0.2) is 5.69 Å². The van der Waals surface area contributed by atoms with E-state index in [4.69, 9.17) is 0 Å². The smallest absolute Gasteiger partial charge is 0.276 e. The number of rotatable bonds is 2. The molecule has 6 nitrogen and oxygen atoms in total. The quantitative estimate of drug-likeness (QED) is 0.764. The van der Waals surface area contributed by atoms with Crippen LogP contribution in [0.4, 0.5) is 0 Å². The van der Waals surface area contributed by atoms with Crippen LogP contribution < -0.4 is 0 Å². The van der Waals surface area contributed by atoms with Gasteiger partial charge in [0.25, 0.3) is 5.91 Å². The first-order valence-electron chi connectivity index (χ1n) is 5.50. The average Bonchev–Trinajstić information content (AvgIpc) is 2.81. The molecule has 1 aromatic rings. The van der Waals surface area contributed by atoms with E-state index in [9.17, 15) is 4.79 Å². The van der Waals surface area contributed by atoms with Crippen LogP contribution >= 0.6 is 0 Å². The Balaban J connectivity index is 1.97. The molecular formula is C10H17N5O. The molecular weight excluding hydrogens is 206 g/mol. The zero-order chi connectivity index (χ0) is 11.5. The van der Waals surface area contributed by atoms with Crippen LogP contribution in [0, 0.1) is 0 Å². The largest absolute Gasteiger partial charge is 0.337 e. The van der Waals surface area contributed by atoms with Gasteiger partial charge in [-0.3, -0.25) is 4.79 Å². The van der Waals surface area contributed by atoms with Crippen molar-refractivity contribution in [3.63, 3.8) is 0 Å². The van der Waals surface area contributed by atoms with Gasteiger partial charge in [-0.25, -0.2) is 0 Å². The predicted octanol–water partition coefficient (Wildman–Crippen LogP) is -0.0291. The van der Waals surface area contributed by atoms with Gasteiger partial charge < -0.3 is 9.80 Å². The molecule has 0 bridgehead atoms. The number of likely N-dealkylation sites (tertiary alicyclic amines) is 1. The van der Waals surface area contributed by atoms with Crippen molar-refractivity contribution in [1.82, 2.24) is 25.2 Å². The normalized spacial score (nSPS) is 18.6. The minimum absolute atomic E-state index is 0.0525. The molecule has 0 atom stereocenters. The SMILES string of the molecule is CN1CCC(N(C)C(=O)c2cn[nH]n2)CC1. The van der Waals surface area contributed by atoms with Gasteiger partial charge in [0.1, 0.15) is 0 Å². The maximum Gasteiger partial charge on any atom is 0.276 e. The summed E-state index contributed by atoms with van der Waals surface area (Å²) in [4.78, 5) is 16.0. The van der Waals surface area contributed by atoms with E-state index in [-0.39, 0.29) is 5.91 Å². The lowest BCUT2D eigenvalue weighted by Gasteiger charge is -2.34. The Labute approximate surface area is 94.6 Å². The lowest BCUT2D eigenvalue weighted by atomic mass is 10.0. The highest BCUT2D eigenvalue weighted by molar-refractivity contribution is 5.91. The highest BCUT2D eigenvalue weighted by Crippen LogP contribution is 2.15. The zero-order valence-electron chi connectivity index (χ0n) is 9.68. The maximum absolute atomic E-state index is 12.0. The first kappa shape index (κ1) is 11.1. The highest BCUT2D eigenvalue weighted by Gasteiger charge is 2.25. The summed E-state index contributed by atoms with van der Waals surface area (Å²) in [5, 5.41) is 9.92. The number of carbonyl (C=O) groups is 1. The number of aromatic nitrogens is 3. The summed E-state index contributed by atoms with van der Waals surface area (Å²) in [7, 11) is 3.95. The van der Waals surface area contributed by atoms with Gasteiger partial charge in [-0.05, 0) is 33.0 Å². The monoisotopic (exact) mass is 223 g/mol. The number of amides is 1. The average molecular weight is 223 g/mol. The van der Waals surface area contributed by atoms with Gasteiger partial charge in [0, 0.05) is 13.1 Å². The van der Waals surface area contributed by atoms with Crippen molar-refractivity contribution in [2.45, 2.75) is 18.9 Å². The van der Waals surface area contributed by atoms with Crippen molar-refractivity contribution in [2.24, 2.45) is 0 Å². The fraction of sp³-hybridized carbons (Fsp3) is 0.700. The second-order valence-corrected chi connectivity index (χ2v) is 4.31. The predicted molar refractivity (Wildman–Crippen MR) is 59.0 cm³/mol. The van der Waals surface area contributed by atoms with Crippen LogP contribution in [0.15, 0.2) is 6.20 Å². The fourth-order valence-corrected chi connectivity index (χ4v) is 2.03. The minimum atomic E-state index is -0.0525. The van der Waals surface area contributed by atoms with E-state index in [2.05, 4.69) is 27.4 Å². The topological polar surface area (TPSA) is 65.1 Å². The summed E-state index contributed by atoms with van der Waals surface area (Å²) in [5.41, 5.74) is 0.390. The number of hydrogen-bond donors (Lipinski definition) is 1. The van der Waals surface area contributed by atoms with Gasteiger partial charge in [0.2, 0.25) is 0 Å². The Hall–Kier alpha value is -1.43. The standard InChI is InChI=1S/C10H17N5O/c1-14-5-3-8(4-6-14)15(2)10(16)9-7-11-13-12-9/h7-8H,3-6H2,1-2H3,(H,11,12,13). The molecule has 1 aliphatic heterocycles. The van der Waals surface area contributed by atoms with Crippen LogP contribution in [-0.4, -0.2) is 64.3 Å². The van der Waals surface area contributed by atoms with Crippen molar-refractivity contribution in [1.29, 1.82) is 0 Å². The number of piperidine rings is 1. The molecule has 0 radical (unpaired) electrons. The van der Waals surface area contributed by atoms with Gasteiger partial charge >= 0.3 is 0 Å². The summed E-state index contributed by atoms with van der Waals surface area (Å²) in [5.74, 6) is -0.0525. The van der Waals surface area contributed by atoms with Gasteiger partial charge in [0.05, 0.1) is 6.20 Å². The number of aromatic amines is 1. The summed E-state index contributed by atoms with van der Waals surface area (Å²) in [6.45, 7) is 2.09. The van der Waals surface area contributed by atoms with E-state index in [1.807, 2.05) is 7.05 Å². The van der Waals surface area contributed by atoms with E-state index in [0.29, 0.717) is 11.7 Å². The molecule has 1 aliphatic rings. The van der Waals surface area contributed by atoms with Crippen LogP contribution in [0.1, 0.15) is 23.3 Å². The number of H-pyrrole nitrogens is 1. The first-order valence-corrected chi connectivity index (χ1v) is 5.50.